The quantitative estimate of drug-likeness (QED) is 0.213. The van der Waals surface area contributed by atoms with Crippen LogP contribution in [-0.4, -0.2) is 4.98 Å². The van der Waals surface area contributed by atoms with Gasteiger partial charge in [-0.3, -0.25) is 4.98 Å². The van der Waals surface area contributed by atoms with Crippen molar-refractivity contribution in [3.63, 3.8) is 0 Å². The van der Waals surface area contributed by atoms with Crippen LogP contribution in [0, 0.1) is 17.1 Å². The highest BCUT2D eigenvalue weighted by Crippen LogP contribution is 2.38. The molecule has 1 heterocycles. The average Bonchev–Trinajstić information content (AvgIpc) is 2.77. The largest absolute Gasteiger partial charge is 0.416 e. The van der Waals surface area contributed by atoms with E-state index in [1.54, 1.807) is 18.2 Å². The SMILES string of the molecule is N#Cc1cc(-c2nccc3c2ccc2c(F)cc(C(F)(F)F)cc23)cc2ccccc12. The highest BCUT2D eigenvalue weighted by atomic mass is 19.4. The van der Waals surface area contributed by atoms with Gasteiger partial charge in [0.05, 0.1) is 22.9 Å². The Morgan fingerprint density at radius 2 is 1.55 bits per heavy atom. The van der Waals surface area contributed by atoms with Crippen molar-refractivity contribution >= 4 is 32.3 Å². The fourth-order valence-electron chi connectivity index (χ4n) is 3.99. The molecule has 5 aromatic rings. The first kappa shape index (κ1) is 19.0. The van der Waals surface area contributed by atoms with Gasteiger partial charge in [0.2, 0.25) is 0 Å². The minimum absolute atomic E-state index is 0.105. The molecule has 5 rings (SSSR count). The second-order valence-electron chi connectivity index (χ2n) is 7.23. The van der Waals surface area contributed by atoms with Gasteiger partial charge in [0, 0.05) is 22.5 Å². The number of aromatic nitrogens is 1. The highest BCUT2D eigenvalue weighted by Gasteiger charge is 2.31. The standard InChI is InChI=1S/C25H12F4N2/c26-23-12-17(25(27,28)29)11-22-19-7-8-31-24(21(19)6-5-20(22)23)15-9-14-3-1-2-4-18(14)16(10-15)13-30/h1-12H. The first-order chi connectivity index (χ1) is 14.9. The van der Waals surface area contributed by atoms with Crippen molar-refractivity contribution in [3.8, 4) is 17.3 Å². The summed E-state index contributed by atoms with van der Waals surface area (Å²) in [6, 6.07) is 19.4. The van der Waals surface area contributed by atoms with Crippen LogP contribution in [0.5, 0.6) is 0 Å². The number of nitrogens with zero attached hydrogens (tertiary/aromatic N) is 2. The van der Waals surface area contributed by atoms with Gasteiger partial charge in [-0.2, -0.15) is 18.4 Å². The van der Waals surface area contributed by atoms with Gasteiger partial charge in [-0.15, -0.1) is 0 Å². The van der Waals surface area contributed by atoms with E-state index in [4.69, 9.17) is 0 Å². The van der Waals surface area contributed by atoms with Crippen molar-refractivity contribution < 1.29 is 17.6 Å². The van der Waals surface area contributed by atoms with E-state index in [0.717, 1.165) is 16.8 Å². The number of rotatable bonds is 1. The molecule has 0 saturated carbocycles. The van der Waals surface area contributed by atoms with Gasteiger partial charge in [0.15, 0.2) is 0 Å². The first-order valence-corrected chi connectivity index (χ1v) is 9.38. The van der Waals surface area contributed by atoms with Crippen molar-refractivity contribution in [1.29, 1.82) is 5.26 Å². The van der Waals surface area contributed by atoms with Crippen LogP contribution in [0.15, 0.2) is 72.9 Å². The molecule has 0 spiro atoms. The van der Waals surface area contributed by atoms with Crippen LogP contribution in [0.1, 0.15) is 11.1 Å². The van der Waals surface area contributed by atoms with Gasteiger partial charge in [0.25, 0.3) is 0 Å². The number of hydrogen-bond donors (Lipinski definition) is 0. The monoisotopic (exact) mass is 416 g/mol. The molecule has 1 aromatic heterocycles. The lowest BCUT2D eigenvalue weighted by Gasteiger charge is -2.13. The summed E-state index contributed by atoms with van der Waals surface area (Å²) >= 11 is 0. The third-order valence-electron chi connectivity index (χ3n) is 5.41. The van der Waals surface area contributed by atoms with Crippen molar-refractivity contribution in [1.82, 2.24) is 4.98 Å². The summed E-state index contributed by atoms with van der Waals surface area (Å²) in [5, 5.41) is 12.5. The van der Waals surface area contributed by atoms with Crippen LogP contribution in [0.4, 0.5) is 17.6 Å². The number of halogens is 4. The van der Waals surface area contributed by atoms with Gasteiger partial charge >= 0.3 is 6.18 Å². The molecule has 6 heteroatoms. The molecule has 0 atom stereocenters. The van der Waals surface area contributed by atoms with Crippen molar-refractivity contribution in [2.75, 3.05) is 0 Å². The summed E-state index contributed by atoms with van der Waals surface area (Å²) in [6.07, 6.45) is -3.18. The van der Waals surface area contributed by atoms with Crippen LogP contribution in [-0.2, 0) is 6.18 Å². The molecule has 0 amide bonds. The lowest BCUT2D eigenvalue weighted by atomic mass is 9.94. The number of benzene rings is 4. The van der Waals surface area contributed by atoms with E-state index < -0.39 is 17.6 Å². The fraction of sp³-hybridized carbons (Fsp3) is 0.0400. The highest BCUT2D eigenvalue weighted by molar-refractivity contribution is 6.12. The summed E-state index contributed by atoms with van der Waals surface area (Å²) in [5.74, 6) is -0.928. The zero-order valence-electron chi connectivity index (χ0n) is 15.8. The molecule has 31 heavy (non-hydrogen) atoms. The Hall–Kier alpha value is -3.98. The lowest BCUT2D eigenvalue weighted by Crippen LogP contribution is -2.05. The Morgan fingerprint density at radius 3 is 2.32 bits per heavy atom. The van der Waals surface area contributed by atoms with Gasteiger partial charge in [-0.1, -0.05) is 36.4 Å². The number of hydrogen-bond acceptors (Lipinski definition) is 2. The third kappa shape index (κ3) is 3.06. The molecule has 2 nitrogen and oxygen atoms in total. The minimum Gasteiger partial charge on any atom is -0.256 e. The molecule has 0 saturated heterocycles. The smallest absolute Gasteiger partial charge is 0.256 e. The van der Waals surface area contributed by atoms with Crippen molar-refractivity contribution in [2.45, 2.75) is 6.18 Å². The summed E-state index contributed by atoms with van der Waals surface area (Å²) < 4.78 is 54.2. The second kappa shape index (κ2) is 6.78. The Labute approximate surface area is 174 Å². The molecule has 150 valence electrons. The average molecular weight is 416 g/mol. The molecule has 0 bridgehead atoms. The molecule has 4 aromatic carbocycles. The minimum atomic E-state index is -4.66. The molecule has 0 unspecified atom stereocenters. The van der Waals surface area contributed by atoms with Crippen LogP contribution in [0.25, 0.3) is 43.6 Å². The fourth-order valence-corrected chi connectivity index (χ4v) is 3.99. The zero-order chi connectivity index (χ0) is 21.8. The van der Waals surface area contributed by atoms with Gasteiger partial charge < -0.3 is 0 Å². The maximum absolute atomic E-state index is 14.5. The zero-order valence-corrected chi connectivity index (χ0v) is 15.8. The lowest BCUT2D eigenvalue weighted by molar-refractivity contribution is -0.137. The van der Waals surface area contributed by atoms with Crippen LogP contribution < -0.4 is 0 Å². The van der Waals surface area contributed by atoms with Gasteiger partial charge in [-0.25, -0.2) is 4.39 Å². The van der Waals surface area contributed by atoms with E-state index >= 15 is 0 Å². The predicted octanol–water partition coefficient (Wildman–Crippen LogP) is 7.24. The molecule has 0 fully saturated rings. The molecule has 0 aliphatic carbocycles. The summed E-state index contributed by atoms with van der Waals surface area (Å²) in [4.78, 5) is 4.43. The summed E-state index contributed by atoms with van der Waals surface area (Å²) in [6.45, 7) is 0. The predicted molar refractivity (Wildman–Crippen MR) is 112 cm³/mol. The van der Waals surface area contributed by atoms with Crippen LogP contribution in [0.2, 0.25) is 0 Å². The molecule has 0 N–H and O–H groups in total. The molecular formula is C25H12F4N2. The van der Waals surface area contributed by atoms with Crippen LogP contribution >= 0.6 is 0 Å². The maximum Gasteiger partial charge on any atom is 0.416 e. The Morgan fingerprint density at radius 1 is 0.774 bits per heavy atom. The first-order valence-electron chi connectivity index (χ1n) is 9.38. The van der Waals surface area contributed by atoms with E-state index in [2.05, 4.69) is 11.1 Å². The normalized spacial score (nSPS) is 11.8. The van der Waals surface area contributed by atoms with E-state index in [1.807, 2.05) is 30.3 Å². The van der Waals surface area contributed by atoms with Crippen LogP contribution in [0.3, 0.4) is 0 Å². The maximum atomic E-state index is 14.5. The molecule has 0 aliphatic heterocycles. The number of pyridine rings is 1. The van der Waals surface area contributed by atoms with Crippen molar-refractivity contribution in [2.24, 2.45) is 0 Å². The van der Waals surface area contributed by atoms with E-state index in [0.29, 0.717) is 33.7 Å². The Balaban J connectivity index is 1.84. The van der Waals surface area contributed by atoms with E-state index in [-0.39, 0.29) is 10.8 Å². The molecule has 0 radical (unpaired) electrons. The van der Waals surface area contributed by atoms with Gasteiger partial charge in [-0.05, 0) is 51.9 Å². The molecular weight excluding hydrogens is 404 g/mol. The number of fused-ring (bicyclic) bond motifs is 4. The third-order valence-corrected chi connectivity index (χ3v) is 5.41. The Kier molecular flexibility index (Phi) is 4.16. The van der Waals surface area contributed by atoms with Gasteiger partial charge in [0.1, 0.15) is 5.82 Å². The number of alkyl halides is 3. The van der Waals surface area contributed by atoms with E-state index in [9.17, 15) is 22.8 Å². The topological polar surface area (TPSA) is 36.7 Å². The summed E-state index contributed by atoms with van der Waals surface area (Å²) in [5.41, 5.74) is 0.603. The second-order valence-corrected chi connectivity index (χ2v) is 7.23. The summed E-state index contributed by atoms with van der Waals surface area (Å²) in [7, 11) is 0. The Bertz CT molecular complexity index is 1550. The van der Waals surface area contributed by atoms with E-state index in [1.165, 1.54) is 12.3 Å². The number of nitriles is 1. The molecule has 0 aliphatic rings. The van der Waals surface area contributed by atoms with Crippen molar-refractivity contribution in [3.05, 3.63) is 89.9 Å².